The van der Waals surface area contributed by atoms with Crippen molar-refractivity contribution in [2.45, 2.75) is 30.6 Å². The van der Waals surface area contributed by atoms with Crippen LogP contribution in [0.3, 0.4) is 0 Å². The summed E-state index contributed by atoms with van der Waals surface area (Å²) in [6, 6.07) is 4.40. The molecule has 5 nitrogen and oxygen atoms in total. The molecule has 3 rings (SSSR count). The minimum Gasteiger partial charge on any atom is -0.342 e. The molecule has 0 spiro atoms. The summed E-state index contributed by atoms with van der Waals surface area (Å²) in [5.41, 5.74) is 0. The lowest BCUT2D eigenvalue weighted by atomic mass is 9.98. The molecule has 1 aromatic rings. The number of hydrogen-bond acceptors (Lipinski definition) is 3. The maximum absolute atomic E-state index is 12.9. The molecular formula is C16H20Cl2N2O3S. The maximum atomic E-state index is 12.9. The van der Waals surface area contributed by atoms with E-state index in [4.69, 9.17) is 23.2 Å². The standard InChI is InChI=1S/C16H20Cl2N2O3S/c17-13-5-6-14(18)15(10-13)24(22,23)20-9-3-4-12(11-20)16(21)19-7-1-2-8-19/h5-6,10,12H,1-4,7-9,11H2/t12-/m0/s1. The molecule has 1 atom stereocenters. The smallest absolute Gasteiger partial charge is 0.244 e. The maximum Gasteiger partial charge on any atom is 0.244 e. The largest absolute Gasteiger partial charge is 0.342 e. The number of carbonyl (C=O) groups excluding carboxylic acids is 1. The number of piperidine rings is 1. The molecule has 1 aromatic carbocycles. The highest BCUT2D eigenvalue weighted by molar-refractivity contribution is 7.89. The molecule has 2 aliphatic heterocycles. The Labute approximate surface area is 152 Å². The van der Waals surface area contributed by atoms with Crippen LogP contribution in [0, 0.1) is 5.92 Å². The third-order valence-electron chi connectivity index (χ3n) is 4.66. The number of carbonyl (C=O) groups is 1. The Hall–Kier alpha value is -0.820. The molecule has 2 aliphatic rings. The minimum atomic E-state index is -3.76. The summed E-state index contributed by atoms with van der Waals surface area (Å²) in [4.78, 5) is 14.4. The summed E-state index contributed by atoms with van der Waals surface area (Å²) >= 11 is 12.0. The van der Waals surface area contributed by atoms with Gasteiger partial charge in [-0.25, -0.2) is 8.42 Å². The predicted octanol–water partition coefficient (Wildman–Crippen LogP) is 3.02. The topological polar surface area (TPSA) is 57.7 Å². The molecule has 0 saturated carbocycles. The van der Waals surface area contributed by atoms with Crippen molar-refractivity contribution in [1.82, 2.24) is 9.21 Å². The molecular weight excluding hydrogens is 371 g/mol. The van der Waals surface area contributed by atoms with Crippen molar-refractivity contribution in [3.05, 3.63) is 28.2 Å². The summed E-state index contributed by atoms with van der Waals surface area (Å²) in [5, 5.41) is 0.465. The van der Waals surface area contributed by atoms with E-state index >= 15 is 0 Å². The number of sulfonamides is 1. The van der Waals surface area contributed by atoms with Gasteiger partial charge in [-0.05, 0) is 43.9 Å². The lowest BCUT2D eigenvalue weighted by molar-refractivity contribution is -0.135. The second-order valence-corrected chi connectivity index (χ2v) is 9.06. The average molecular weight is 391 g/mol. The van der Waals surface area contributed by atoms with Crippen LogP contribution in [0.15, 0.2) is 23.1 Å². The van der Waals surface area contributed by atoms with E-state index in [0.717, 1.165) is 32.4 Å². The predicted molar refractivity (Wildman–Crippen MR) is 93.8 cm³/mol. The van der Waals surface area contributed by atoms with Crippen molar-refractivity contribution in [2.24, 2.45) is 5.92 Å². The van der Waals surface area contributed by atoms with Crippen molar-refractivity contribution < 1.29 is 13.2 Å². The quantitative estimate of drug-likeness (QED) is 0.796. The van der Waals surface area contributed by atoms with Crippen LogP contribution in [0.1, 0.15) is 25.7 Å². The fourth-order valence-electron chi connectivity index (χ4n) is 3.37. The van der Waals surface area contributed by atoms with Crippen LogP contribution in [-0.2, 0) is 14.8 Å². The summed E-state index contributed by atoms with van der Waals surface area (Å²) in [5.74, 6) is -0.200. The van der Waals surface area contributed by atoms with Gasteiger partial charge in [0.25, 0.3) is 0 Å². The molecule has 2 heterocycles. The van der Waals surface area contributed by atoms with Gasteiger partial charge in [0.05, 0.1) is 10.9 Å². The van der Waals surface area contributed by atoms with Crippen molar-refractivity contribution in [2.75, 3.05) is 26.2 Å². The van der Waals surface area contributed by atoms with Gasteiger partial charge in [0.1, 0.15) is 4.90 Å². The van der Waals surface area contributed by atoms with E-state index in [0.29, 0.717) is 18.0 Å². The summed E-state index contributed by atoms with van der Waals surface area (Å²) in [7, 11) is -3.76. The fourth-order valence-corrected chi connectivity index (χ4v) is 5.63. The van der Waals surface area contributed by atoms with Crippen molar-refractivity contribution in [3.63, 3.8) is 0 Å². The molecule has 24 heavy (non-hydrogen) atoms. The number of halogens is 2. The highest BCUT2D eigenvalue weighted by Gasteiger charge is 2.36. The zero-order chi connectivity index (χ0) is 17.3. The number of benzene rings is 1. The van der Waals surface area contributed by atoms with Crippen LogP contribution in [-0.4, -0.2) is 49.7 Å². The van der Waals surface area contributed by atoms with Gasteiger partial charge in [0.2, 0.25) is 15.9 Å². The first-order valence-electron chi connectivity index (χ1n) is 8.13. The second-order valence-electron chi connectivity index (χ2n) is 6.31. The third kappa shape index (κ3) is 3.57. The molecule has 8 heteroatoms. The van der Waals surface area contributed by atoms with Crippen molar-refractivity contribution >= 4 is 39.1 Å². The van der Waals surface area contributed by atoms with Crippen LogP contribution in [0.25, 0.3) is 0 Å². The molecule has 132 valence electrons. The normalized spacial score (nSPS) is 22.8. The van der Waals surface area contributed by atoms with Gasteiger partial charge in [-0.1, -0.05) is 23.2 Å². The second kappa shape index (κ2) is 7.20. The molecule has 0 N–H and O–H groups in total. The number of hydrogen-bond donors (Lipinski definition) is 0. The van der Waals surface area contributed by atoms with Gasteiger partial charge in [-0.3, -0.25) is 4.79 Å². The molecule has 1 amide bonds. The zero-order valence-corrected chi connectivity index (χ0v) is 15.6. The molecule has 0 unspecified atom stereocenters. The van der Waals surface area contributed by atoms with Crippen LogP contribution in [0.5, 0.6) is 0 Å². The number of nitrogens with zero attached hydrogens (tertiary/aromatic N) is 2. The number of likely N-dealkylation sites (tertiary alicyclic amines) is 1. The first-order chi connectivity index (χ1) is 11.4. The Balaban J connectivity index is 1.80. The lowest BCUT2D eigenvalue weighted by Gasteiger charge is -2.33. The minimum absolute atomic E-state index is 0.00550. The van der Waals surface area contributed by atoms with E-state index < -0.39 is 10.0 Å². The van der Waals surface area contributed by atoms with Crippen LogP contribution >= 0.6 is 23.2 Å². The van der Waals surface area contributed by atoms with E-state index in [-0.39, 0.29) is 28.3 Å². The Bertz CT molecular complexity index is 733. The van der Waals surface area contributed by atoms with Gasteiger partial charge in [0, 0.05) is 31.2 Å². The van der Waals surface area contributed by atoms with E-state index in [1.807, 2.05) is 4.90 Å². The van der Waals surface area contributed by atoms with E-state index in [2.05, 4.69) is 0 Å². The molecule has 0 radical (unpaired) electrons. The number of amides is 1. The molecule has 0 aromatic heterocycles. The molecule has 2 saturated heterocycles. The third-order valence-corrected chi connectivity index (χ3v) is 7.24. The SMILES string of the molecule is O=C([C@H]1CCCN(S(=O)(=O)c2cc(Cl)ccc2Cl)C1)N1CCCC1. The van der Waals surface area contributed by atoms with E-state index in [9.17, 15) is 13.2 Å². The van der Waals surface area contributed by atoms with Gasteiger partial charge in [0.15, 0.2) is 0 Å². The Kier molecular flexibility index (Phi) is 5.39. The lowest BCUT2D eigenvalue weighted by Crippen LogP contribution is -2.46. The van der Waals surface area contributed by atoms with Gasteiger partial charge < -0.3 is 4.90 Å². The number of rotatable bonds is 3. The highest BCUT2D eigenvalue weighted by atomic mass is 35.5. The first-order valence-corrected chi connectivity index (χ1v) is 10.3. The van der Waals surface area contributed by atoms with Gasteiger partial charge in [-0.15, -0.1) is 0 Å². The monoisotopic (exact) mass is 390 g/mol. The van der Waals surface area contributed by atoms with E-state index in [1.165, 1.54) is 16.4 Å². The van der Waals surface area contributed by atoms with Crippen molar-refractivity contribution in [3.8, 4) is 0 Å². The van der Waals surface area contributed by atoms with Gasteiger partial charge >= 0.3 is 0 Å². The first kappa shape index (κ1) is 18.0. The Morgan fingerprint density at radius 3 is 2.50 bits per heavy atom. The van der Waals surface area contributed by atoms with E-state index in [1.54, 1.807) is 6.07 Å². The molecule has 0 aliphatic carbocycles. The van der Waals surface area contributed by atoms with Crippen LogP contribution in [0.2, 0.25) is 10.0 Å². The van der Waals surface area contributed by atoms with Crippen molar-refractivity contribution in [1.29, 1.82) is 0 Å². The summed E-state index contributed by atoms with van der Waals surface area (Å²) < 4.78 is 27.2. The average Bonchev–Trinajstić information content (AvgIpc) is 3.11. The Morgan fingerprint density at radius 1 is 1.08 bits per heavy atom. The molecule has 2 fully saturated rings. The van der Waals surface area contributed by atoms with Crippen LogP contribution < -0.4 is 0 Å². The molecule has 0 bridgehead atoms. The summed E-state index contributed by atoms with van der Waals surface area (Å²) in [6.45, 7) is 2.17. The van der Waals surface area contributed by atoms with Crippen LogP contribution in [0.4, 0.5) is 0 Å². The van der Waals surface area contributed by atoms with Gasteiger partial charge in [-0.2, -0.15) is 4.31 Å². The summed E-state index contributed by atoms with van der Waals surface area (Å²) in [6.07, 6.45) is 3.45. The highest BCUT2D eigenvalue weighted by Crippen LogP contribution is 2.31. The zero-order valence-electron chi connectivity index (χ0n) is 13.2. The Morgan fingerprint density at radius 2 is 1.79 bits per heavy atom. The fraction of sp³-hybridized carbons (Fsp3) is 0.562.